The molecule has 30 unspecified atom stereocenters. The fourth-order valence-electron chi connectivity index (χ4n) is 8.66. The summed E-state index contributed by atoms with van der Waals surface area (Å²) in [7, 11) is 0. The quantitative estimate of drug-likeness (QED) is 0.0724. The van der Waals surface area contributed by atoms with E-state index in [1.54, 1.807) is 0 Å². The molecule has 0 saturated carbocycles. The fourth-order valence-corrected chi connectivity index (χ4v) is 8.66. The minimum absolute atomic E-state index is 0.814. The van der Waals surface area contributed by atoms with Gasteiger partial charge in [0.25, 0.3) is 0 Å². The standard InChI is InChI=1S/C36H63NO29/c1-7-13(15(44)23(52)33(57-7)63-29-11(5-41)61-36(25(54)19(29)48)65-28-10(4-40)59-32(56)22(51)18(28)47)37-31-21(50)17(46)27(9(3-39)58-31)64-35-26(55)20(49)30(12(6-42)62-35)66-34-24(53)16(45)14(43)8(2-38)60-34/h7-56H,2-6H2,1H3. The molecule has 30 heteroatoms. The minimum Gasteiger partial charge on any atom is -0.394 e. The molecule has 30 atom stereocenters. The van der Waals surface area contributed by atoms with Gasteiger partial charge in [0.2, 0.25) is 0 Å². The van der Waals surface area contributed by atoms with Gasteiger partial charge in [0.1, 0.15) is 141 Å². The highest BCUT2D eigenvalue weighted by Gasteiger charge is 2.56. The lowest BCUT2D eigenvalue weighted by Gasteiger charge is -2.50. The van der Waals surface area contributed by atoms with Crippen LogP contribution in [0.4, 0.5) is 0 Å². The predicted molar refractivity (Wildman–Crippen MR) is 200 cm³/mol. The van der Waals surface area contributed by atoms with Gasteiger partial charge in [0.05, 0.1) is 45.2 Å². The van der Waals surface area contributed by atoms with Gasteiger partial charge in [-0.1, -0.05) is 0 Å². The molecule has 6 saturated heterocycles. The van der Waals surface area contributed by atoms with Crippen molar-refractivity contribution in [2.24, 2.45) is 0 Å². The molecule has 0 bridgehead atoms. The molecule has 0 aromatic carbocycles. The minimum atomic E-state index is -2.07. The molecule has 6 aliphatic heterocycles. The number of nitrogens with one attached hydrogen (secondary N) is 1. The van der Waals surface area contributed by atoms with E-state index in [-0.39, 0.29) is 0 Å². The van der Waals surface area contributed by atoms with Crippen LogP contribution in [0.1, 0.15) is 6.92 Å². The lowest BCUT2D eigenvalue weighted by molar-refractivity contribution is -0.376. The van der Waals surface area contributed by atoms with Crippen LogP contribution in [0.3, 0.4) is 0 Å². The van der Waals surface area contributed by atoms with Crippen LogP contribution in [-0.4, -0.2) is 314 Å². The lowest BCUT2D eigenvalue weighted by Crippen LogP contribution is -2.71. The Bertz CT molecular complexity index is 1490. The van der Waals surface area contributed by atoms with Crippen molar-refractivity contribution in [3.05, 3.63) is 0 Å². The molecule has 6 rings (SSSR count). The number of aliphatic hydroxyl groups is 19. The molecular formula is C36H63NO29. The van der Waals surface area contributed by atoms with Crippen molar-refractivity contribution in [1.29, 1.82) is 0 Å². The summed E-state index contributed by atoms with van der Waals surface area (Å²) < 4.78 is 55.4. The summed E-state index contributed by atoms with van der Waals surface area (Å²) in [6.45, 7) is -3.07. The van der Waals surface area contributed by atoms with E-state index in [2.05, 4.69) is 5.32 Å². The number of aliphatic hydroxyl groups excluding tert-OH is 19. The molecule has 66 heavy (non-hydrogen) atoms. The summed E-state index contributed by atoms with van der Waals surface area (Å²) in [5.74, 6) is 0. The van der Waals surface area contributed by atoms with Gasteiger partial charge >= 0.3 is 0 Å². The maximum absolute atomic E-state index is 11.2. The van der Waals surface area contributed by atoms with Crippen molar-refractivity contribution < 1.29 is 144 Å². The molecule has 6 aliphatic rings. The number of hydrogen-bond acceptors (Lipinski definition) is 30. The average Bonchev–Trinajstić information content (AvgIpc) is 3.30. The molecular weight excluding hydrogens is 910 g/mol. The molecule has 0 amide bonds. The van der Waals surface area contributed by atoms with E-state index in [1.807, 2.05) is 0 Å². The smallest absolute Gasteiger partial charge is 0.187 e. The van der Waals surface area contributed by atoms with Crippen molar-refractivity contribution >= 4 is 0 Å². The van der Waals surface area contributed by atoms with Crippen LogP contribution in [0.5, 0.6) is 0 Å². The van der Waals surface area contributed by atoms with Gasteiger partial charge in [-0.2, -0.15) is 0 Å². The topological polar surface area (TPSA) is 489 Å². The Morgan fingerprint density at radius 2 is 0.667 bits per heavy atom. The van der Waals surface area contributed by atoms with Gasteiger partial charge in [0.15, 0.2) is 31.5 Å². The maximum atomic E-state index is 11.2. The summed E-state index contributed by atoms with van der Waals surface area (Å²) in [6, 6.07) is -1.37. The lowest BCUT2D eigenvalue weighted by atomic mass is 9.93. The third-order valence-corrected chi connectivity index (χ3v) is 12.6. The number of hydrogen-bond donors (Lipinski definition) is 20. The van der Waals surface area contributed by atoms with Gasteiger partial charge in [-0.15, -0.1) is 0 Å². The van der Waals surface area contributed by atoms with Gasteiger partial charge in [0, 0.05) is 0 Å². The second-order valence-corrected chi connectivity index (χ2v) is 16.9. The van der Waals surface area contributed by atoms with E-state index in [0.717, 1.165) is 0 Å². The molecule has 6 fully saturated rings. The monoisotopic (exact) mass is 973 g/mol. The number of rotatable bonds is 15. The summed E-state index contributed by atoms with van der Waals surface area (Å²) in [5.41, 5.74) is 0. The maximum Gasteiger partial charge on any atom is 0.187 e. The van der Waals surface area contributed by atoms with Crippen molar-refractivity contribution in [1.82, 2.24) is 5.32 Å². The van der Waals surface area contributed by atoms with Crippen LogP contribution in [0, 0.1) is 0 Å². The van der Waals surface area contributed by atoms with Crippen molar-refractivity contribution in [2.75, 3.05) is 33.0 Å². The third-order valence-electron chi connectivity index (χ3n) is 12.6. The van der Waals surface area contributed by atoms with Crippen molar-refractivity contribution in [3.8, 4) is 0 Å². The highest BCUT2D eigenvalue weighted by atomic mass is 16.8. The molecule has 0 radical (unpaired) electrons. The number of ether oxygens (including phenoxy) is 10. The third kappa shape index (κ3) is 10.8. The van der Waals surface area contributed by atoms with Gasteiger partial charge < -0.3 is 144 Å². The second kappa shape index (κ2) is 22.9. The Labute approximate surface area is 373 Å². The Kier molecular flexibility index (Phi) is 18.8. The summed E-state index contributed by atoms with van der Waals surface area (Å²) in [4.78, 5) is 0. The highest BCUT2D eigenvalue weighted by Crippen LogP contribution is 2.35. The van der Waals surface area contributed by atoms with E-state index < -0.39 is 217 Å². The van der Waals surface area contributed by atoms with Crippen LogP contribution in [0.25, 0.3) is 0 Å². The van der Waals surface area contributed by atoms with Crippen LogP contribution >= 0.6 is 0 Å². The fraction of sp³-hybridized carbons (Fsp3) is 1.00. The molecule has 0 aliphatic carbocycles. The molecule has 0 aromatic rings. The average molecular weight is 974 g/mol. The molecule has 0 spiro atoms. The van der Waals surface area contributed by atoms with Crippen LogP contribution in [0.15, 0.2) is 0 Å². The first-order valence-electron chi connectivity index (χ1n) is 21.1. The van der Waals surface area contributed by atoms with Crippen LogP contribution < -0.4 is 5.32 Å². The van der Waals surface area contributed by atoms with E-state index >= 15 is 0 Å². The van der Waals surface area contributed by atoms with E-state index in [9.17, 15) is 97.0 Å². The Morgan fingerprint density at radius 1 is 0.333 bits per heavy atom. The first kappa shape index (κ1) is 54.1. The van der Waals surface area contributed by atoms with Crippen molar-refractivity contribution in [3.63, 3.8) is 0 Å². The Hall–Kier alpha value is -1.20. The molecule has 30 nitrogen and oxygen atoms in total. The summed E-state index contributed by atoms with van der Waals surface area (Å²) >= 11 is 0. The van der Waals surface area contributed by atoms with Gasteiger partial charge in [-0.05, 0) is 6.92 Å². The van der Waals surface area contributed by atoms with E-state index in [0.29, 0.717) is 0 Å². The predicted octanol–water partition coefficient (Wildman–Crippen LogP) is -13.5. The zero-order chi connectivity index (χ0) is 48.6. The molecule has 386 valence electrons. The van der Waals surface area contributed by atoms with Crippen LogP contribution in [0.2, 0.25) is 0 Å². The normalized spacial score (nSPS) is 54.0. The Balaban J connectivity index is 1.05. The molecule has 6 heterocycles. The highest BCUT2D eigenvalue weighted by molar-refractivity contribution is 5.01. The summed E-state index contributed by atoms with van der Waals surface area (Å²) in [5, 5.41) is 202. The molecule has 0 aromatic heterocycles. The van der Waals surface area contributed by atoms with Crippen LogP contribution in [-0.2, 0) is 47.4 Å². The zero-order valence-electron chi connectivity index (χ0n) is 34.9. The second-order valence-electron chi connectivity index (χ2n) is 16.9. The zero-order valence-corrected chi connectivity index (χ0v) is 34.9. The van der Waals surface area contributed by atoms with E-state index in [1.165, 1.54) is 6.92 Å². The Morgan fingerprint density at radius 3 is 1.11 bits per heavy atom. The van der Waals surface area contributed by atoms with E-state index in [4.69, 9.17) is 47.4 Å². The van der Waals surface area contributed by atoms with Crippen molar-refractivity contribution in [2.45, 2.75) is 191 Å². The SMILES string of the molecule is CC1OC(OC2C(CO)OC(OC3C(CO)OC(O)C(O)C3O)C(O)C2O)C(O)C(O)C1NC1OC(CO)C(OC2OC(CO)C(OC3OC(CO)C(O)C(O)C3O)C(O)C2O)C(O)C1O. The van der Waals surface area contributed by atoms with Gasteiger partial charge in [-0.25, -0.2) is 0 Å². The first-order chi connectivity index (χ1) is 31.2. The summed E-state index contributed by atoms with van der Waals surface area (Å²) in [6.07, 6.45) is -51.8. The largest absolute Gasteiger partial charge is 0.394 e. The molecule has 20 N–H and O–H groups in total. The first-order valence-corrected chi connectivity index (χ1v) is 21.1. The van der Waals surface area contributed by atoms with Gasteiger partial charge in [-0.3, -0.25) is 5.32 Å².